The van der Waals surface area contributed by atoms with Crippen LogP contribution in [0.1, 0.15) is 0 Å². The smallest absolute Gasteiger partial charge is 0.330 e. The predicted molar refractivity (Wildman–Crippen MR) is 37.1 cm³/mol. The lowest BCUT2D eigenvalue weighted by molar-refractivity contribution is 0.223. The Morgan fingerprint density at radius 2 is 1.80 bits per heavy atom. The number of hydrogen-bond acceptors (Lipinski definition) is 3. The Balaban J connectivity index is 4.07. The number of nitrogens with one attached hydrogen (secondary N) is 1. The van der Waals surface area contributed by atoms with Crippen molar-refractivity contribution >= 4 is 16.1 Å². The molecule has 0 aliphatic rings. The maximum atomic E-state index is 10.6. The van der Waals surface area contributed by atoms with Gasteiger partial charge < -0.3 is 4.90 Å². The Hall–Kier alpha value is -0.780. The Kier molecular flexibility index (Phi) is 2.65. The quantitative estimate of drug-likeness (QED) is 0.555. The van der Waals surface area contributed by atoms with Crippen LogP contribution in [-0.2, 0) is 10.0 Å². The SMILES string of the molecule is CN(C)C(=O)NS(C)(=O)=O. The summed E-state index contributed by atoms with van der Waals surface area (Å²) in [6.07, 6.45) is 0.925. The number of amides is 2. The first kappa shape index (κ1) is 9.22. The van der Waals surface area contributed by atoms with E-state index in [-0.39, 0.29) is 0 Å². The van der Waals surface area contributed by atoms with Crippen LogP contribution in [0.2, 0.25) is 0 Å². The summed E-state index contributed by atoms with van der Waals surface area (Å²) in [6, 6.07) is -0.637. The first-order chi connectivity index (χ1) is 4.33. The minimum atomic E-state index is -3.41. The van der Waals surface area contributed by atoms with Gasteiger partial charge in [0.2, 0.25) is 10.0 Å². The molecule has 60 valence electrons. The molecular formula is C4H10N2O3S. The summed E-state index contributed by atoms with van der Waals surface area (Å²) in [5, 5.41) is 0. The Morgan fingerprint density at radius 1 is 1.40 bits per heavy atom. The van der Waals surface area contributed by atoms with E-state index in [2.05, 4.69) is 0 Å². The molecule has 0 saturated heterocycles. The second-order valence-electron chi connectivity index (χ2n) is 2.07. The fourth-order valence-electron chi connectivity index (χ4n) is 0.250. The summed E-state index contributed by atoms with van der Waals surface area (Å²) in [5.74, 6) is 0. The van der Waals surface area contributed by atoms with Crippen LogP contribution in [0.4, 0.5) is 4.79 Å². The highest BCUT2D eigenvalue weighted by Gasteiger charge is 2.08. The Morgan fingerprint density at radius 3 is 1.90 bits per heavy atom. The molecule has 10 heavy (non-hydrogen) atoms. The largest absolute Gasteiger partial charge is 0.330 e. The maximum Gasteiger partial charge on any atom is 0.330 e. The second-order valence-corrected chi connectivity index (χ2v) is 3.82. The van der Waals surface area contributed by atoms with Crippen molar-refractivity contribution in [3.8, 4) is 0 Å². The summed E-state index contributed by atoms with van der Waals surface area (Å²) in [7, 11) is -0.492. The van der Waals surface area contributed by atoms with Gasteiger partial charge in [0.05, 0.1) is 6.26 Å². The van der Waals surface area contributed by atoms with Gasteiger partial charge in [0.25, 0.3) is 0 Å². The van der Waals surface area contributed by atoms with E-state index < -0.39 is 16.1 Å². The molecule has 0 rings (SSSR count). The average molecular weight is 166 g/mol. The van der Waals surface area contributed by atoms with Gasteiger partial charge in [-0.15, -0.1) is 0 Å². The van der Waals surface area contributed by atoms with E-state index in [0.29, 0.717) is 0 Å². The van der Waals surface area contributed by atoms with Crippen LogP contribution in [0.25, 0.3) is 0 Å². The van der Waals surface area contributed by atoms with Gasteiger partial charge in [0, 0.05) is 14.1 Å². The van der Waals surface area contributed by atoms with Gasteiger partial charge in [-0.25, -0.2) is 17.9 Å². The molecule has 0 atom stereocenters. The lowest BCUT2D eigenvalue weighted by Crippen LogP contribution is -2.37. The van der Waals surface area contributed by atoms with Crippen molar-refractivity contribution in [1.29, 1.82) is 0 Å². The Labute approximate surface area is 60.1 Å². The van der Waals surface area contributed by atoms with E-state index in [1.165, 1.54) is 14.1 Å². The molecule has 0 spiro atoms. The fraction of sp³-hybridized carbons (Fsp3) is 0.750. The van der Waals surface area contributed by atoms with Crippen LogP contribution in [0.15, 0.2) is 0 Å². The highest BCUT2D eigenvalue weighted by molar-refractivity contribution is 7.89. The molecule has 5 nitrogen and oxygen atoms in total. The maximum absolute atomic E-state index is 10.6. The monoisotopic (exact) mass is 166 g/mol. The number of nitrogens with zero attached hydrogens (tertiary/aromatic N) is 1. The molecule has 0 radical (unpaired) electrons. The molecule has 1 N–H and O–H groups in total. The standard InChI is InChI=1S/C4H10N2O3S/c1-6(2)4(7)5-10(3,8)9/h1-3H3,(H,5,7). The minimum absolute atomic E-state index is 0.637. The lowest BCUT2D eigenvalue weighted by Gasteiger charge is -2.09. The molecule has 0 aliphatic heterocycles. The normalized spacial score (nSPS) is 10.7. The van der Waals surface area contributed by atoms with Crippen molar-refractivity contribution in [1.82, 2.24) is 9.62 Å². The number of urea groups is 1. The lowest BCUT2D eigenvalue weighted by atomic mass is 10.9. The molecule has 0 fully saturated rings. The van der Waals surface area contributed by atoms with Crippen molar-refractivity contribution in [2.45, 2.75) is 0 Å². The number of hydrogen-bond donors (Lipinski definition) is 1. The van der Waals surface area contributed by atoms with Crippen LogP contribution in [0.5, 0.6) is 0 Å². The van der Waals surface area contributed by atoms with Gasteiger partial charge in [-0.1, -0.05) is 0 Å². The number of carbonyl (C=O) groups excluding carboxylic acids is 1. The van der Waals surface area contributed by atoms with E-state index in [1.54, 1.807) is 4.72 Å². The molecule has 6 heteroatoms. The second kappa shape index (κ2) is 2.87. The van der Waals surface area contributed by atoms with Crippen molar-refractivity contribution in [2.24, 2.45) is 0 Å². The molecule has 2 amide bonds. The first-order valence-corrected chi connectivity index (χ1v) is 4.41. The van der Waals surface area contributed by atoms with Gasteiger partial charge >= 0.3 is 6.03 Å². The summed E-state index contributed by atoms with van der Waals surface area (Å²) in [4.78, 5) is 11.7. The molecule has 0 unspecified atom stereocenters. The zero-order valence-electron chi connectivity index (χ0n) is 6.08. The average Bonchev–Trinajstić information content (AvgIpc) is 1.60. The molecule has 0 aromatic rings. The molecule has 0 aliphatic carbocycles. The zero-order valence-corrected chi connectivity index (χ0v) is 6.90. The molecule has 0 heterocycles. The Bertz CT molecular complexity index is 219. The minimum Gasteiger partial charge on any atom is -0.330 e. The van der Waals surface area contributed by atoms with Gasteiger partial charge in [0.1, 0.15) is 0 Å². The third kappa shape index (κ3) is 4.13. The predicted octanol–water partition coefficient (Wildman–Crippen LogP) is -0.783. The highest BCUT2D eigenvalue weighted by atomic mass is 32.2. The van der Waals surface area contributed by atoms with Crippen molar-refractivity contribution in [3.63, 3.8) is 0 Å². The van der Waals surface area contributed by atoms with Gasteiger partial charge in [-0.2, -0.15) is 0 Å². The number of rotatable bonds is 1. The molecular weight excluding hydrogens is 156 g/mol. The van der Waals surface area contributed by atoms with E-state index in [0.717, 1.165) is 11.2 Å². The van der Waals surface area contributed by atoms with Crippen molar-refractivity contribution in [2.75, 3.05) is 20.4 Å². The van der Waals surface area contributed by atoms with E-state index in [9.17, 15) is 13.2 Å². The van der Waals surface area contributed by atoms with Gasteiger partial charge in [-0.3, -0.25) is 0 Å². The van der Waals surface area contributed by atoms with E-state index >= 15 is 0 Å². The number of sulfonamides is 1. The first-order valence-electron chi connectivity index (χ1n) is 2.52. The fourth-order valence-corrected chi connectivity index (χ4v) is 0.750. The van der Waals surface area contributed by atoms with Crippen LogP contribution < -0.4 is 4.72 Å². The van der Waals surface area contributed by atoms with Crippen LogP contribution in [0.3, 0.4) is 0 Å². The van der Waals surface area contributed by atoms with Crippen molar-refractivity contribution in [3.05, 3.63) is 0 Å². The summed E-state index contributed by atoms with van der Waals surface area (Å²) in [5.41, 5.74) is 0. The molecule has 0 aromatic heterocycles. The van der Waals surface area contributed by atoms with Gasteiger partial charge in [-0.05, 0) is 0 Å². The summed E-state index contributed by atoms with van der Waals surface area (Å²) >= 11 is 0. The molecule has 0 bridgehead atoms. The third-order valence-corrected chi connectivity index (χ3v) is 1.22. The summed E-state index contributed by atoms with van der Waals surface area (Å²) < 4.78 is 22.6. The van der Waals surface area contributed by atoms with Gasteiger partial charge in [0.15, 0.2) is 0 Å². The van der Waals surface area contributed by atoms with E-state index in [4.69, 9.17) is 0 Å². The van der Waals surface area contributed by atoms with Crippen LogP contribution >= 0.6 is 0 Å². The highest BCUT2D eigenvalue weighted by Crippen LogP contribution is 1.80. The topological polar surface area (TPSA) is 66.5 Å². The third-order valence-electron chi connectivity index (χ3n) is 0.679. The van der Waals surface area contributed by atoms with E-state index in [1.807, 2.05) is 0 Å². The van der Waals surface area contributed by atoms with Crippen LogP contribution in [0, 0.1) is 0 Å². The molecule has 0 saturated carbocycles. The zero-order chi connectivity index (χ0) is 8.36. The summed E-state index contributed by atoms with van der Waals surface area (Å²) in [6.45, 7) is 0. The number of carbonyl (C=O) groups is 1. The van der Waals surface area contributed by atoms with Crippen LogP contribution in [-0.4, -0.2) is 39.7 Å². The van der Waals surface area contributed by atoms with Crippen molar-refractivity contribution < 1.29 is 13.2 Å². The molecule has 0 aromatic carbocycles.